The summed E-state index contributed by atoms with van der Waals surface area (Å²) in [6, 6.07) is 7.07. The summed E-state index contributed by atoms with van der Waals surface area (Å²) in [6.07, 6.45) is -2.20. The lowest BCUT2D eigenvalue weighted by Gasteiger charge is -2.12. The number of alkyl halides is 3. The number of hydrogen-bond donors (Lipinski definition) is 4. The molecule has 5 N–H and O–H groups in total. The van der Waals surface area contributed by atoms with Gasteiger partial charge in [-0.05, 0) is 23.8 Å². The van der Waals surface area contributed by atoms with Gasteiger partial charge in [0.2, 0.25) is 0 Å². The van der Waals surface area contributed by atoms with Gasteiger partial charge < -0.3 is 26.0 Å². The molecule has 0 saturated carbocycles. The van der Waals surface area contributed by atoms with Crippen molar-refractivity contribution in [1.29, 1.82) is 0 Å². The van der Waals surface area contributed by atoms with Crippen LogP contribution in [0.4, 0.5) is 33.5 Å². The molecule has 9 nitrogen and oxygen atoms in total. The maximum Gasteiger partial charge on any atom is 0.405 e. The number of nitrogens with zero attached hydrogens (tertiary/aromatic N) is 3. The Balaban J connectivity index is 1.92. The summed E-state index contributed by atoms with van der Waals surface area (Å²) in [4.78, 5) is 31.8. The van der Waals surface area contributed by atoms with Crippen molar-refractivity contribution in [3.8, 4) is 34.2 Å². The smallest absolute Gasteiger partial charge is 0.384 e. The van der Waals surface area contributed by atoms with Crippen LogP contribution in [0.1, 0.15) is 16.1 Å². The lowest BCUT2D eigenvalue weighted by Crippen LogP contribution is -2.34. The number of nitrogen functional groups attached to an aromatic ring is 1. The van der Waals surface area contributed by atoms with Crippen molar-refractivity contribution < 1.29 is 36.6 Å². The third-order valence-electron chi connectivity index (χ3n) is 6.00. The van der Waals surface area contributed by atoms with Gasteiger partial charge in [0.05, 0.1) is 22.2 Å². The molecule has 0 aliphatic rings. The van der Waals surface area contributed by atoms with Crippen molar-refractivity contribution >= 4 is 34.2 Å². The average molecular weight is 585 g/mol. The number of aromatic nitrogens is 3. The maximum absolute atomic E-state index is 15.1. The zero-order chi connectivity index (χ0) is 30.8. The number of benzene rings is 1. The van der Waals surface area contributed by atoms with Crippen molar-refractivity contribution in [2.75, 3.05) is 24.2 Å². The lowest BCUT2D eigenvalue weighted by molar-refractivity contribution is -0.123. The molecular weight excluding hydrogens is 563 g/mol. The highest BCUT2D eigenvalue weighted by Gasteiger charge is 2.29. The molecule has 4 aromatic rings. The third-order valence-corrected chi connectivity index (χ3v) is 6.00. The highest BCUT2D eigenvalue weighted by atomic mass is 19.4. The second-order valence-corrected chi connectivity index (χ2v) is 8.81. The molecule has 0 saturated heterocycles. The Labute approximate surface area is 234 Å². The fourth-order valence-electron chi connectivity index (χ4n) is 4.27. The first-order chi connectivity index (χ1) is 19.8. The van der Waals surface area contributed by atoms with Crippen LogP contribution in [-0.2, 0) is 11.8 Å². The van der Waals surface area contributed by atoms with Crippen LogP contribution in [0.15, 0.2) is 55.1 Å². The first-order valence-electron chi connectivity index (χ1n) is 12.0. The van der Waals surface area contributed by atoms with Gasteiger partial charge >= 0.3 is 6.18 Å². The highest BCUT2D eigenvalue weighted by molar-refractivity contribution is 6.11. The number of rotatable bonds is 6. The number of carbonyl (C=O) groups excluding carboxylic acids is 2. The minimum absolute atomic E-state index is 0.0224. The summed E-state index contributed by atoms with van der Waals surface area (Å²) >= 11 is 0. The van der Waals surface area contributed by atoms with Gasteiger partial charge in [-0.1, -0.05) is 30.6 Å². The number of aryl methyl sites for hydroxylation is 1. The van der Waals surface area contributed by atoms with E-state index in [4.69, 9.17) is 5.73 Å². The molecule has 0 spiro atoms. The predicted octanol–water partition coefficient (Wildman–Crippen LogP) is 4.08. The molecule has 0 atom stereocenters. The second kappa shape index (κ2) is 11.7. The van der Waals surface area contributed by atoms with E-state index >= 15 is 4.39 Å². The number of halogens is 5. The van der Waals surface area contributed by atoms with Crippen molar-refractivity contribution in [2.45, 2.75) is 6.18 Å². The molecule has 0 unspecified atom stereocenters. The van der Waals surface area contributed by atoms with E-state index in [0.717, 1.165) is 12.3 Å². The standard InChI is InChI=1S/C28H21F5N6O3/c1-14(29)26(41)38-18-7-5-15(6-8-18)23-20(21-24(39(23)2)16(4-3-9-40)11-36-25(21)34)17-10-19(30)22(35-12-17)27(42)37-13-28(31,32)33/h5-8,10-12,40H,1,9,13H2,2H3,(H2,34,36)(H,37,42)(H,38,41). The first kappa shape index (κ1) is 29.7. The number of carbonyl (C=O) groups is 2. The number of hydrogen-bond acceptors (Lipinski definition) is 6. The Bertz CT molecular complexity index is 1790. The first-order valence-corrected chi connectivity index (χ1v) is 12.0. The SMILES string of the molecule is C=C(F)C(=O)Nc1ccc(-c2c(-c3cnc(C(=O)NCC(F)(F)F)c(F)c3)c3c(N)ncc(C#CCO)c3n2C)cc1. The van der Waals surface area contributed by atoms with Gasteiger partial charge in [0.1, 0.15) is 19.0 Å². The van der Waals surface area contributed by atoms with E-state index in [1.807, 2.05) is 0 Å². The number of aliphatic hydroxyl groups excluding tert-OH is 1. The van der Waals surface area contributed by atoms with Crippen LogP contribution in [0.25, 0.3) is 33.3 Å². The zero-order valence-corrected chi connectivity index (χ0v) is 21.7. The fourth-order valence-corrected chi connectivity index (χ4v) is 4.27. The molecule has 3 aromatic heterocycles. The summed E-state index contributed by atoms with van der Waals surface area (Å²) in [6.45, 7) is 0.830. The summed E-state index contributed by atoms with van der Waals surface area (Å²) in [5.41, 5.74) is 7.82. The predicted molar refractivity (Wildman–Crippen MR) is 145 cm³/mol. The van der Waals surface area contributed by atoms with Crippen LogP contribution >= 0.6 is 0 Å². The van der Waals surface area contributed by atoms with E-state index in [1.165, 1.54) is 18.3 Å². The van der Waals surface area contributed by atoms with Crippen molar-refractivity contribution in [3.05, 3.63) is 72.2 Å². The van der Waals surface area contributed by atoms with Crippen LogP contribution in [0.3, 0.4) is 0 Å². The number of pyridine rings is 2. The van der Waals surface area contributed by atoms with E-state index in [0.29, 0.717) is 33.3 Å². The second-order valence-electron chi connectivity index (χ2n) is 8.81. The number of nitrogens with one attached hydrogen (secondary N) is 2. The Kier molecular flexibility index (Phi) is 8.25. The lowest BCUT2D eigenvalue weighted by atomic mass is 9.98. The summed E-state index contributed by atoms with van der Waals surface area (Å²) in [5.74, 6) is 0.587. The molecule has 0 fully saturated rings. The monoisotopic (exact) mass is 584 g/mol. The highest BCUT2D eigenvalue weighted by Crippen LogP contribution is 2.43. The molecule has 216 valence electrons. The number of aliphatic hydroxyl groups is 1. The number of amides is 2. The van der Waals surface area contributed by atoms with Gasteiger partial charge in [0, 0.05) is 36.3 Å². The molecule has 4 rings (SSSR count). The summed E-state index contributed by atoms with van der Waals surface area (Å²) in [7, 11) is 1.66. The van der Waals surface area contributed by atoms with E-state index in [-0.39, 0.29) is 17.1 Å². The molecule has 2 amide bonds. The summed E-state index contributed by atoms with van der Waals surface area (Å²) in [5, 5.41) is 13.4. The van der Waals surface area contributed by atoms with Gasteiger partial charge in [-0.2, -0.15) is 13.2 Å². The van der Waals surface area contributed by atoms with Crippen LogP contribution in [-0.4, -0.2) is 50.8 Å². The van der Waals surface area contributed by atoms with E-state index in [1.54, 1.807) is 29.1 Å². The zero-order valence-electron chi connectivity index (χ0n) is 21.7. The van der Waals surface area contributed by atoms with Gasteiger partial charge in [0.15, 0.2) is 17.3 Å². The quantitative estimate of drug-likeness (QED) is 0.153. The Morgan fingerprint density at radius 3 is 2.43 bits per heavy atom. The Hall–Kier alpha value is -5.29. The van der Waals surface area contributed by atoms with E-state index in [2.05, 4.69) is 33.7 Å². The molecule has 0 radical (unpaired) electrons. The largest absolute Gasteiger partial charge is 0.405 e. The maximum atomic E-state index is 15.1. The molecule has 0 bridgehead atoms. The van der Waals surface area contributed by atoms with Gasteiger partial charge in [-0.15, -0.1) is 0 Å². The van der Waals surface area contributed by atoms with Crippen LogP contribution in [0.2, 0.25) is 0 Å². The molecule has 1 aromatic carbocycles. The minimum atomic E-state index is -4.71. The number of fused-ring (bicyclic) bond motifs is 1. The molecule has 14 heteroatoms. The molecule has 42 heavy (non-hydrogen) atoms. The third kappa shape index (κ3) is 6.06. The summed E-state index contributed by atoms with van der Waals surface area (Å²) < 4.78 is 67.6. The molecule has 0 aliphatic heterocycles. The molecule has 0 aliphatic carbocycles. The number of nitrogens with two attached hydrogens (primary N) is 1. The van der Waals surface area contributed by atoms with Gasteiger partial charge in [-0.25, -0.2) is 18.7 Å². The van der Waals surface area contributed by atoms with Crippen molar-refractivity contribution in [3.63, 3.8) is 0 Å². The normalized spacial score (nSPS) is 11.1. The Morgan fingerprint density at radius 1 is 1.14 bits per heavy atom. The van der Waals surface area contributed by atoms with Crippen LogP contribution < -0.4 is 16.4 Å². The van der Waals surface area contributed by atoms with E-state index < -0.39 is 48.5 Å². The van der Waals surface area contributed by atoms with Gasteiger partial charge in [-0.3, -0.25) is 9.59 Å². The molecular formula is C28H21F5N6O3. The average Bonchev–Trinajstić information content (AvgIpc) is 3.25. The van der Waals surface area contributed by atoms with Gasteiger partial charge in [0.25, 0.3) is 11.8 Å². The van der Waals surface area contributed by atoms with E-state index in [9.17, 15) is 32.3 Å². The van der Waals surface area contributed by atoms with Crippen LogP contribution in [0.5, 0.6) is 0 Å². The topological polar surface area (TPSA) is 135 Å². The molecule has 3 heterocycles. The minimum Gasteiger partial charge on any atom is -0.384 e. The fraction of sp³-hybridized carbons (Fsp3) is 0.143. The van der Waals surface area contributed by atoms with Crippen molar-refractivity contribution in [1.82, 2.24) is 19.9 Å². The van der Waals surface area contributed by atoms with Crippen LogP contribution in [0, 0.1) is 17.7 Å². The number of anilines is 2. The Morgan fingerprint density at radius 2 is 1.83 bits per heavy atom. The van der Waals surface area contributed by atoms with Crippen molar-refractivity contribution in [2.24, 2.45) is 7.05 Å².